The lowest BCUT2D eigenvalue weighted by molar-refractivity contribution is -0.199. The summed E-state index contributed by atoms with van der Waals surface area (Å²) in [6, 6.07) is 0. The molecule has 5 aliphatic carbocycles. The lowest BCUT2D eigenvalue weighted by Crippen LogP contribution is -2.72. The van der Waals surface area contributed by atoms with Crippen LogP contribution in [0.5, 0.6) is 0 Å². The van der Waals surface area contributed by atoms with Crippen LogP contribution < -0.4 is 11.1 Å². The number of rotatable bonds is 5. The van der Waals surface area contributed by atoms with E-state index in [0.29, 0.717) is 24.7 Å². The van der Waals surface area contributed by atoms with E-state index in [1.165, 1.54) is 24.8 Å². The van der Waals surface area contributed by atoms with Crippen LogP contribution >= 0.6 is 0 Å². The Balaban J connectivity index is 1.35. The second-order valence-corrected chi connectivity index (χ2v) is 16.7. The quantitative estimate of drug-likeness (QED) is 0.330. The van der Waals surface area contributed by atoms with Gasteiger partial charge in [0, 0.05) is 12.3 Å². The second kappa shape index (κ2) is 11.1. The van der Waals surface area contributed by atoms with Crippen molar-refractivity contribution in [3.8, 4) is 0 Å². The summed E-state index contributed by atoms with van der Waals surface area (Å²) >= 11 is 0. The van der Waals surface area contributed by atoms with E-state index in [9.17, 15) is 19.2 Å². The predicted molar refractivity (Wildman–Crippen MR) is 171 cm³/mol. The summed E-state index contributed by atoms with van der Waals surface area (Å²) in [6.07, 6.45) is 9.79. The number of nitrogens with one attached hydrogen (secondary N) is 1. The highest BCUT2D eigenvalue weighted by atomic mass is 16.6. The summed E-state index contributed by atoms with van der Waals surface area (Å²) in [6.45, 7) is 16.9. The van der Waals surface area contributed by atoms with Gasteiger partial charge in [-0.3, -0.25) is 9.59 Å². The molecular formula is C37H53NO8. The van der Waals surface area contributed by atoms with Crippen molar-refractivity contribution in [1.29, 1.82) is 0 Å². The van der Waals surface area contributed by atoms with Crippen molar-refractivity contribution in [2.75, 3.05) is 0 Å². The van der Waals surface area contributed by atoms with Crippen molar-refractivity contribution in [2.24, 2.45) is 45.3 Å². The van der Waals surface area contributed by atoms with E-state index in [4.69, 9.17) is 18.3 Å². The van der Waals surface area contributed by atoms with Crippen LogP contribution in [0.25, 0.3) is 0 Å². The first-order valence-electron chi connectivity index (χ1n) is 17.5. The van der Waals surface area contributed by atoms with Crippen LogP contribution in [0, 0.1) is 52.3 Å². The molecule has 0 spiro atoms. The van der Waals surface area contributed by atoms with Crippen LogP contribution in [0.4, 0.5) is 4.79 Å². The van der Waals surface area contributed by atoms with Crippen LogP contribution in [-0.4, -0.2) is 29.5 Å². The largest absolute Gasteiger partial charge is 0.519 e. The summed E-state index contributed by atoms with van der Waals surface area (Å²) < 4.78 is 21.5. The van der Waals surface area contributed by atoms with E-state index in [1.807, 2.05) is 6.92 Å². The average molecular weight is 640 g/mol. The highest BCUT2D eigenvalue weighted by Gasteiger charge is 2.71. The maximum absolute atomic E-state index is 14.7. The summed E-state index contributed by atoms with van der Waals surface area (Å²) in [4.78, 5) is 52.2. The molecule has 6 rings (SSSR count). The van der Waals surface area contributed by atoms with Crippen molar-refractivity contribution in [3.63, 3.8) is 0 Å². The minimum absolute atomic E-state index is 0.0819. The van der Waals surface area contributed by atoms with E-state index < -0.39 is 29.0 Å². The zero-order chi connectivity index (χ0) is 33.4. The minimum atomic E-state index is -0.988. The molecule has 1 aromatic rings. The summed E-state index contributed by atoms with van der Waals surface area (Å²) in [5.41, 5.74) is -0.0920. The van der Waals surface area contributed by atoms with Crippen LogP contribution in [0.15, 0.2) is 25.3 Å². The van der Waals surface area contributed by atoms with Gasteiger partial charge in [0.05, 0.1) is 5.54 Å². The molecule has 0 unspecified atom stereocenters. The third-order valence-corrected chi connectivity index (χ3v) is 14.2. The first-order valence-corrected chi connectivity index (χ1v) is 17.5. The van der Waals surface area contributed by atoms with Crippen molar-refractivity contribution in [2.45, 2.75) is 138 Å². The predicted octanol–water partition coefficient (Wildman–Crippen LogP) is 7.43. The molecule has 0 aromatic carbocycles. The Morgan fingerprint density at radius 1 is 0.978 bits per heavy atom. The lowest BCUT2D eigenvalue weighted by Gasteiger charge is -2.70. The average Bonchev–Trinajstić information content (AvgIpc) is 3.31. The fraction of sp³-hybridized carbons (Fsp3) is 0.784. The number of alkyl carbamates (subject to hydrolysis) is 1. The first kappa shape index (κ1) is 33.1. The number of ketones is 1. The molecule has 1 aromatic heterocycles. The Morgan fingerprint density at radius 2 is 1.72 bits per heavy atom. The number of ether oxygens (including phenoxy) is 2. The highest BCUT2D eigenvalue weighted by Crippen LogP contribution is 2.74. The molecule has 46 heavy (non-hydrogen) atoms. The number of fused-ring (bicyclic) bond motifs is 7. The van der Waals surface area contributed by atoms with Gasteiger partial charge in [-0.2, -0.15) is 0 Å². The molecule has 0 radical (unpaired) electrons. The number of carbonyl (C=O) groups is 3. The molecule has 0 aliphatic heterocycles. The molecule has 4 saturated carbocycles. The smallest absolute Gasteiger partial charge is 0.460 e. The lowest BCUT2D eigenvalue weighted by atomic mass is 9.34. The SMILES string of the molecule is CCC(=O)O[C@H]1CC[C@@]2(C)[C@@H](CC[C@]3(C)[C@@H]2C(=O)C=C2[C@@H]4C[C@@H](C)CC[C@@]4(C)CC[C@]23C)[C@]1(C)NC(=O)OCc1oc(=O)oc1C. The number of hydrogen-bond donors (Lipinski definition) is 1. The molecule has 0 saturated heterocycles. The first-order chi connectivity index (χ1) is 21.5. The number of carbonyl (C=O) groups excluding carboxylic acids is 3. The van der Waals surface area contributed by atoms with Crippen molar-refractivity contribution < 1.29 is 32.7 Å². The van der Waals surface area contributed by atoms with Gasteiger partial charge in [0.2, 0.25) is 0 Å². The molecule has 1 amide bonds. The standard InChI is InChI=1S/C37H53NO8/c1-9-29(40)46-28-12-14-34(5)27(37(28,8)38-31(41)43-20-26-22(3)44-32(42)45-26)11-15-36(7)30(34)25(39)19-24-23-18-21(2)10-13-33(23,4)16-17-35(24,36)6/h19,21,23,27-28,30H,9-18,20H2,1-8H3,(H,38,41)/t21-,23-,27+,28-,30+,33-,34-,35+,36+,37-/m0/s1. The van der Waals surface area contributed by atoms with Gasteiger partial charge < -0.3 is 23.6 Å². The van der Waals surface area contributed by atoms with Gasteiger partial charge >= 0.3 is 17.9 Å². The number of esters is 1. The molecule has 9 nitrogen and oxygen atoms in total. The maximum Gasteiger partial charge on any atom is 0.519 e. The molecule has 9 heteroatoms. The summed E-state index contributed by atoms with van der Waals surface area (Å²) in [5.74, 6) is 0.170. The van der Waals surface area contributed by atoms with Gasteiger partial charge in [-0.05, 0) is 111 Å². The third-order valence-electron chi connectivity index (χ3n) is 14.2. The van der Waals surface area contributed by atoms with Crippen LogP contribution in [0.3, 0.4) is 0 Å². The zero-order valence-electron chi connectivity index (χ0n) is 29.0. The van der Waals surface area contributed by atoms with E-state index in [2.05, 4.69) is 46.0 Å². The van der Waals surface area contributed by atoms with Gasteiger partial charge in [-0.15, -0.1) is 0 Å². The van der Waals surface area contributed by atoms with Crippen LogP contribution in [0.2, 0.25) is 0 Å². The Morgan fingerprint density at radius 3 is 2.39 bits per heavy atom. The molecular weight excluding hydrogens is 586 g/mol. The monoisotopic (exact) mass is 639 g/mol. The highest BCUT2D eigenvalue weighted by molar-refractivity contribution is 5.95. The van der Waals surface area contributed by atoms with Gasteiger partial charge in [-0.25, -0.2) is 9.59 Å². The Bertz CT molecular complexity index is 1510. The fourth-order valence-corrected chi connectivity index (χ4v) is 11.4. The topological polar surface area (TPSA) is 125 Å². The second-order valence-electron chi connectivity index (χ2n) is 16.7. The molecule has 254 valence electrons. The molecule has 5 aliphatic rings. The van der Waals surface area contributed by atoms with E-state index in [1.54, 1.807) is 13.8 Å². The van der Waals surface area contributed by atoms with Crippen LogP contribution in [-0.2, 0) is 25.7 Å². The van der Waals surface area contributed by atoms with Gasteiger partial charge in [0.25, 0.3) is 0 Å². The van der Waals surface area contributed by atoms with Crippen molar-refractivity contribution in [1.82, 2.24) is 5.32 Å². The third kappa shape index (κ3) is 4.84. The summed E-state index contributed by atoms with van der Waals surface area (Å²) in [7, 11) is 0. The van der Waals surface area contributed by atoms with Gasteiger partial charge in [-0.1, -0.05) is 53.5 Å². The maximum atomic E-state index is 14.7. The number of aryl methyl sites for hydroxylation is 1. The van der Waals surface area contributed by atoms with Crippen molar-refractivity contribution >= 4 is 17.8 Å². The molecule has 1 N–H and O–H groups in total. The molecule has 4 fully saturated rings. The van der Waals surface area contributed by atoms with Gasteiger partial charge in [0.1, 0.15) is 6.10 Å². The molecule has 10 atom stereocenters. The fourth-order valence-electron chi connectivity index (χ4n) is 11.4. The van der Waals surface area contributed by atoms with E-state index in [-0.39, 0.29) is 64.4 Å². The molecule has 0 bridgehead atoms. The normalized spacial score (nSPS) is 43.3. The minimum Gasteiger partial charge on any atom is -0.460 e. The van der Waals surface area contributed by atoms with E-state index in [0.717, 1.165) is 25.7 Å². The Kier molecular flexibility index (Phi) is 7.99. The molecule has 1 heterocycles. The number of allylic oxidation sites excluding steroid dienone is 2. The Labute approximate surface area is 272 Å². The zero-order valence-corrected chi connectivity index (χ0v) is 29.0. The van der Waals surface area contributed by atoms with Gasteiger partial charge in [0.15, 0.2) is 23.9 Å². The number of amides is 1. The van der Waals surface area contributed by atoms with E-state index >= 15 is 0 Å². The van der Waals surface area contributed by atoms with Crippen molar-refractivity contribution in [3.05, 3.63) is 33.8 Å². The summed E-state index contributed by atoms with van der Waals surface area (Å²) in [5, 5.41) is 3.12. The van der Waals surface area contributed by atoms with Crippen LogP contribution in [0.1, 0.15) is 124 Å². The number of hydrogen-bond acceptors (Lipinski definition) is 8. The Hall–Kier alpha value is -2.84.